The van der Waals surface area contributed by atoms with Gasteiger partial charge in [0.15, 0.2) is 18.0 Å². The molecular weight excluding hydrogens is 708 g/mol. The smallest absolute Gasteiger partial charge is 0.340 e. The molecule has 12 nitrogen and oxygen atoms in total. The number of fused-ring (bicyclic) bond motifs is 11. The minimum atomic E-state index is -1.91. The number of hydrogen-bond donors (Lipinski definition) is 4. The molecule has 0 aromatic carbocycles. The molecule has 7 rings (SSSR count). The standard InChI is InChI=1S/C43H60O12/c1-22-18-19-49-43(48,28(22)7)36-13-8-10-29(44)37(46)27(6)31-16-17-34(50-31)32-11-9-12-33(51-32)35-15-14-25(4)42(54-35)21-24(3)26(5)39(55-42)40-30(45)20-23(2)38(53-40)41(47)52-36/h8-9,11,13,22,24,28-40,44-46,48H,2,4-6,10,12,14-21H2,1,3,7H3/b13-8-/t22-,24+,28-,29-,30-,31+,32-,33-,34+,35+,36+,37+,38-,39+,40-,42-,43-/m1/s1. The zero-order valence-electron chi connectivity index (χ0n) is 32.4. The van der Waals surface area contributed by atoms with Crippen LogP contribution < -0.4 is 0 Å². The van der Waals surface area contributed by atoms with Crippen molar-refractivity contribution in [2.24, 2.45) is 17.8 Å². The van der Waals surface area contributed by atoms with Gasteiger partial charge in [0.2, 0.25) is 5.79 Å². The topological polar surface area (TPSA) is 163 Å². The number of esters is 1. The van der Waals surface area contributed by atoms with E-state index in [9.17, 15) is 25.2 Å². The van der Waals surface area contributed by atoms with E-state index in [4.69, 9.17) is 33.2 Å². The lowest BCUT2D eigenvalue weighted by Gasteiger charge is -2.53. The first-order valence-electron chi connectivity index (χ1n) is 20.1. The van der Waals surface area contributed by atoms with Gasteiger partial charge in [0.1, 0.15) is 24.4 Å². The van der Waals surface area contributed by atoms with Gasteiger partial charge in [0, 0.05) is 12.3 Å². The molecule has 5 saturated heterocycles. The number of carbonyl (C=O) groups is 1. The van der Waals surface area contributed by atoms with Gasteiger partial charge in [-0.25, -0.2) is 4.79 Å². The molecule has 12 heteroatoms. The van der Waals surface area contributed by atoms with E-state index in [1.54, 1.807) is 6.08 Å². The molecule has 17 atom stereocenters. The van der Waals surface area contributed by atoms with Gasteiger partial charge < -0.3 is 53.6 Å². The molecule has 5 fully saturated rings. The van der Waals surface area contributed by atoms with E-state index in [2.05, 4.69) is 32.4 Å². The van der Waals surface area contributed by atoms with Gasteiger partial charge in [-0.05, 0) is 91.6 Å². The molecule has 0 unspecified atom stereocenters. The van der Waals surface area contributed by atoms with Gasteiger partial charge in [0.05, 0.1) is 43.2 Å². The van der Waals surface area contributed by atoms with E-state index in [-0.39, 0.29) is 55.7 Å². The maximum absolute atomic E-state index is 14.2. The maximum atomic E-state index is 14.2. The average molecular weight is 769 g/mol. The van der Waals surface area contributed by atoms with Crippen molar-refractivity contribution in [3.8, 4) is 0 Å². The Morgan fingerprint density at radius 2 is 1.58 bits per heavy atom. The van der Waals surface area contributed by atoms with Gasteiger partial charge in [-0.2, -0.15) is 0 Å². The first kappa shape index (κ1) is 40.7. The summed E-state index contributed by atoms with van der Waals surface area (Å²) in [5.41, 5.74) is 2.12. The third kappa shape index (κ3) is 7.77. The molecule has 0 radical (unpaired) electrons. The Morgan fingerprint density at radius 1 is 0.818 bits per heavy atom. The van der Waals surface area contributed by atoms with Crippen LogP contribution in [0.1, 0.15) is 78.6 Å². The largest absolute Gasteiger partial charge is 0.450 e. The summed E-state index contributed by atoms with van der Waals surface area (Å²) in [6.45, 7) is 23.0. The van der Waals surface area contributed by atoms with Crippen LogP contribution in [0.25, 0.3) is 0 Å². The predicted molar refractivity (Wildman–Crippen MR) is 201 cm³/mol. The van der Waals surface area contributed by atoms with Gasteiger partial charge in [-0.15, -0.1) is 0 Å². The second-order valence-corrected chi connectivity index (χ2v) is 17.0. The molecule has 0 amide bonds. The summed E-state index contributed by atoms with van der Waals surface area (Å²) in [6.07, 6.45) is 1.50. The molecule has 55 heavy (non-hydrogen) atoms. The molecule has 9 bridgehead atoms. The lowest BCUT2D eigenvalue weighted by molar-refractivity contribution is -0.317. The van der Waals surface area contributed by atoms with Crippen molar-refractivity contribution < 1.29 is 58.4 Å². The second-order valence-electron chi connectivity index (χ2n) is 17.0. The number of aliphatic hydroxyl groups is 4. The highest BCUT2D eigenvalue weighted by Gasteiger charge is 2.55. The van der Waals surface area contributed by atoms with E-state index < -0.39 is 72.3 Å². The van der Waals surface area contributed by atoms with Crippen LogP contribution in [0.3, 0.4) is 0 Å². The first-order valence-corrected chi connectivity index (χ1v) is 20.1. The molecule has 1 spiro atoms. The molecule has 7 heterocycles. The third-order valence-corrected chi connectivity index (χ3v) is 13.3. The summed E-state index contributed by atoms with van der Waals surface area (Å²) in [6, 6.07) is 0. The fraction of sp³-hybridized carbons (Fsp3) is 0.698. The second kappa shape index (κ2) is 16.0. The van der Waals surface area contributed by atoms with E-state index in [0.717, 1.165) is 5.57 Å². The molecule has 0 aliphatic carbocycles. The molecular formula is C43H60O12. The Morgan fingerprint density at radius 3 is 2.36 bits per heavy atom. The summed E-state index contributed by atoms with van der Waals surface area (Å²) in [5.74, 6) is -4.48. The SMILES string of the molecule is C=C1C[C@@H](O)[C@H]2O[C@H]1C(=O)O[C@H]([C@]1(O)OCC[C@@H](C)[C@H]1C)/C=C\C[C@@H](O)[C@@H](O)C(=C)[C@@H]1CC[C@H](O1)[C@H]1C=CC[C@@H](O1)[C@@H]1CCC(=C)[C@]3(C[C@H](C)C(=C)[C@@H]2O3)O1. The fourth-order valence-electron chi connectivity index (χ4n) is 9.38. The lowest BCUT2D eigenvalue weighted by atomic mass is 9.78. The van der Waals surface area contributed by atoms with Gasteiger partial charge in [-0.3, -0.25) is 0 Å². The highest BCUT2D eigenvalue weighted by Crippen LogP contribution is 2.49. The monoisotopic (exact) mass is 768 g/mol. The van der Waals surface area contributed by atoms with Gasteiger partial charge in [-0.1, -0.05) is 65.3 Å². The summed E-state index contributed by atoms with van der Waals surface area (Å²) >= 11 is 0. The molecule has 0 saturated carbocycles. The minimum absolute atomic E-state index is 0.0277. The molecule has 0 aromatic rings. The number of rotatable bonds is 1. The Balaban J connectivity index is 1.23. The van der Waals surface area contributed by atoms with E-state index in [0.29, 0.717) is 61.7 Å². The van der Waals surface area contributed by atoms with Crippen LogP contribution in [-0.2, 0) is 38.0 Å². The summed E-state index contributed by atoms with van der Waals surface area (Å²) in [4.78, 5) is 14.2. The van der Waals surface area contributed by atoms with Gasteiger partial charge >= 0.3 is 5.97 Å². The van der Waals surface area contributed by atoms with E-state index >= 15 is 0 Å². The predicted octanol–water partition coefficient (Wildman–Crippen LogP) is 4.27. The number of carbonyl (C=O) groups excluding carboxylic acids is 1. The van der Waals surface area contributed by atoms with Crippen molar-refractivity contribution in [1.82, 2.24) is 0 Å². The Bertz CT molecular complexity index is 1570. The van der Waals surface area contributed by atoms with Crippen LogP contribution in [0.4, 0.5) is 0 Å². The molecule has 7 aliphatic heterocycles. The van der Waals surface area contributed by atoms with Crippen molar-refractivity contribution in [3.63, 3.8) is 0 Å². The fourth-order valence-corrected chi connectivity index (χ4v) is 9.38. The normalized spacial score (nSPS) is 49.3. The molecule has 0 aromatic heterocycles. The van der Waals surface area contributed by atoms with Gasteiger partial charge in [0.25, 0.3) is 0 Å². The van der Waals surface area contributed by atoms with Crippen LogP contribution in [0.15, 0.2) is 72.9 Å². The highest BCUT2D eigenvalue weighted by atomic mass is 16.7. The number of ether oxygens (including phenoxy) is 7. The number of aliphatic hydroxyl groups excluding tert-OH is 3. The maximum Gasteiger partial charge on any atom is 0.340 e. The van der Waals surface area contributed by atoms with Crippen molar-refractivity contribution in [1.29, 1.82) is 0 Å². The Hall–Kier alpha value is -2.49. The zero-order chi connectivity index (χ0) is 39.4. The summed E-state index contributed by atoms with van der Waals surface area (Å²) in [7, 11) is 0. The van der Waals surface area contributed by atoms with Crippen molar-refractivity contribution in [2.45, 2.75) is 163 Å². The van der Waals surface area contributed by atoms with Crippen LogP contribution in [0.2, 0.25) is 0 Å². The molecule has 7 aliphatic rings. The minimum Gasteiger partial charge on any atom is -0.450 e. The Labute approximate surface area is 324 Å². The lowest BCUT2D eigenvalue weighted by Crippen LogP contribution is -2.60. The highest BCUT2D eigenvalue weighted by molar-refractivity contribution is 5.79. The quantitative estimate of drug-likeness (QED) is 0.171. The number of hydrogen-bond acceptors (Lipinski definition) is 12. The first-order chi connectivity index (χ1) is 26.1. The van der Waals surface area contributed by atoms with Crippen LogP contribution in [0, 0.1) is 17.8 Å². The summed E-state index contributed by atoms with van der Waals surface area (Å²) in [5, 5.41) is 45.8. The Kier molecular flexibility index (Phi) is 11.9. The third-order valence-electron chi connectivity index (χ3n) is 13.3. The van der Waals surface area contributed by atoms with Crippen molar-refractivity contribution in [3.05, 3.63) is 72.9 Å². The molecule has 304 valence electrons. The zero-order valence-corrected chi connectivity index (χ0v) is 32.4. The molecule has 4 N–H and O–H groups in total. The average Bonchev–Trinajstić information content (AvgIpc) is 3.66. The van der Waals surface area contributed by atoms with Crippen LogP contribution >= 0.6 is 0 Å². The van der Waals surface area contributed by atoms with Crippen molar-refractivity contribution >= 4 is 5.97 Å². The summed E-state index contributed by atoms with van der Waals surface area (Å²) < 4.78 is 45.2. The van der Waals surface area contributed by atoms with E-state index in [1.165, 1.54) is 6.08 Å². The van der Waals surface area contributed by atoms with Crippen LogP contribution in [0.5, 0.6) is 0 Å². The van der Waals surface area contributed by atoms with Crippen molar-refractivity contribution in [2.75, 3.05) is 6.61 Å². The van der Waals surface area contributed by atoms with Crippen LogP contribution in [-0.4, -0.2) is 118 Å². The number of cyclic esters (lactones) is 1. The van der Waals surface area contributed by atoms with E-state index in [1.807, 2.05) is 26.8 Å².